The third kappa shape index (κ3) is 3.21. The molecule has 1 aromatic heterocycles. The number of nitrogens with zero attached hydrogens (tertiary/aromatic N) is 2. The number of amidine groups is 1. The van der Waals surface area contributed by atoms with Gasteiger partial charge in [0.15, 0.2) is 5.17 Å². The molecule has 4 rings (SSSR count). The number of para-hydroxylation sites is 1. The van der Waals surface area contributed by atoms with Crippen molar-refractivity contribution in [1.29, 1.82) is 0 Å². The summed E-state index contributed by atoms with van der Waals surface area (Å²) in [5.74, 6) is -0.136. The van der Waals surface area contributed by atoms with E-state index >= 15 is 0 Å². The highest BCUT2D eigenvalue weighted by Crippen LogP contribution is 2.29. The van der Waals surface area contributed by atoms with Crippen LogP contribution in [0, 0.1) is 0 Å². The molecule has 1 fully saturated rings. The topological polar surface area (TPSA) is 46.4 Å². The Morgan fingerprint density at radius 2 is 1.92 bits per heavy atom. The molecule has 4 nitrogen and oxygen atoms in total. The zero-order valence-corrected chi connectivity index (χ0v) is 14.9. The van der Waals surface area contributed by atoms with E-state index in [9.17, 15) is 4.79 Å². The minimum absolute atomic E-state index is 0.136. The van der Waals surface area contributed by atoms with Gasteiger partial charge in [0.2, 0.25) is 0 Å². The number of aryl methyl sites for hydroxylation is 1. The summed E-state index contributed by atoms with van der Waals surface area (Å²) in [7, 11) is 2.00. The number of fused-ring (bicyclic) bond motifs is 1. The van der Waals surface area contributed by atoms with Crippen molar-refractivity contribution in [1.82, 2.24) is 9.88 Å². The van der Waals surface area contributed by atoms with E-state index in [1.54, 1.807) is 12.1 Å². The van der Waals surface area contributed by atoms with Gasteiger partial charge in [-0.2, -0.15) is 0 Å². The SMILES string of the molecule is Cn1c(/C=C2/SC(=Nc3ccc(Cl)cc3)NC2=O)cc2ccccc21. The molecule has 1 aliphatic rings. The number of rotatable bonds is 2. The van der Waals surface area contributed by atoms with Crippen molar-refractivity contribution in [2.24, 2.45) is 12.0 Å². The Balaban J connectivity index is 1.64. The first-order valence-electron chi connectivity index (χ1n) is 7.70. The number of thioether (sulfide) groups is 1. The van der Waals surface area contributed by atoms with Crippen LogP contribution in [0.1, 0.15) is 5.69 Å². The molecule has 0 spiro atoms. The number of nitrogens with one attached hydrogen (secondary N) is 1. The van der Waals surface area contributed by atoms with Crippen molar-refractivity contribution >= 4 is 57.1 Å². The molecule has 124 valence electrons. The van der Waals surface area contributed by atoms with Crippen LogP contribution >= 0.6 is 23.4 Å². The number of benzene rings is 2. The van der Waals surface area contributed by atoms with Gasteiger partial charge in [0.05, 0.1) is 10.6 Å². The Labute approximate surface area is 154 Å². The molecule has 1 N–H and O–H groups in total. The smallest absolute Gasteiger partial charge is 0.264 e. The lowest BCUT2D eigenvalue weighted by atomic mass is 10.2. The average molecular weight is 368 g/mol. The molecule has 0 saturated carbocycles. The second-order valence-corrected chi connectivity index (χ2v) is 7.11. The van der Waals surface area contributed by atoms with Gasteiger partial charge >= 0.3 is 0 Å². The van der Waals surface area contributed by atoms with Crippen molar-refractivity contribution in [2.45, 2.75) is 0 Å². The molecule has 0 atom stereocenters. The van der Waals surface area contributed by atoms with Crippen LogP contribution in [0.15, 0.2) is 64.5 Å². The van der Waals surface area contributed by atoms with Crippen molar-refractivity contribution in [2.75, 3.05) is 0 Å². The minimum Gasteiger partial charge on any atom is -0.344 e. The Hall–Kier alpha value is -2.50. The molecule has 6 heteroatoms. The molecule has 0 unspecified atom stereocenters. The van der Waals surface area contributed by atoms with Crippen LogP contribution in [-0.4, -0.2) is 15.6 Å². The fourth-order valence-electron chi connectivity index (χ4n) is 2.70. The lowest BCUT2D eigenvalue weighted by Gasteiger charge is -1.99. The summed E-state index contributed by atoms with van der Waals surface area (Å²) in [5, 5.41) is 5.18. The van der Waals surface area contributed by atoms with Gasteiger partial charge in [0.25, 0.3) is 5.91 Å². The van der Waals surface area contributed by atoms with E-state index in [1.165, 1.54) is 11.8 Å². The van der Waals surface area contributed by atoms with Crippen LogP contribution in [0.5, 0.6) is 0 Å². The van der Waals surface area contributed by atoms with E-state index in [0.717, 1.165) is 22.3 Å². The fraction of sp³-hybridized carbons (Fsp3) is 0.0526. The molecule has 1 amide bonds. The van der Waals surface area contributed by atoms with Crippen LogP contribution in [0.4, 0.5) is 5.69 Å². The molecule has 0 radical (unpaired) electrons. The Bertz CT molecular complexity index is 1030. The van der Waals surface area contributed by atoms with E-state index in [4.69, 9.17) is 11.6 Å². The molecule has 1 saturated heterocycles. The number of hydrogen-bond acceptors (Lipinski definition) is 3. The second kappa shape index (κ2) is 6.43. The fourth-order valence-corrected chi connectivity index (χ4v) is 3.65. The molecular formula is C19H14ClN3OS. The number of halogens is 1. The molecule has 25 heavy (non-hydrogen) atoms. The summed E-state index contributed by atoms with van der Waals surface area (Å²) < 4.78 is 2.07. The highest BCUT2D eigenvalue weighted by Gasteiger charge is 2.24. The number of carbonyl (C=O) groups is 1. The highest BCUT2D eigenvalue weighted by molar-refractivity contribution is 8.18. The third-order valence-electron chi connectivity index (χ3n) is 3.98. The number of amides is 1. The van der Waals surface area contributed by atoms with E-state index in [1.807, 2.05) is 37.4 Å². The quantitative estimate of drug-likeness (QED) is 0.666. The van der Waals surface area contributed by atoms with Gasteiger partial charge in [0.1, 0.15) is 0 Å². The van der Waals surface area contributed by atoms with E-state index in [0.29, 0.717) is 15.1 Å². The third-order valence-corrected chi connectivity index (χ3v) is 5.14. The largest absolute Gasteiger partial charge is 0.344 e. The molecule has 2 aromatic carbocycles. The highest BCUT2D eigenvalue weighted by atomic mass is 35.5. The lowest BCUT2D eigenvalue weighted by molar-refractivity contribution is -0.115. The van der Waals surface area contributed by atoms with Crippen LogP contribution in [0.2, 0.25) is 5.02 Å². The number of aliphatic imine (C=N–C) groups is 1. The van der Waals surface area contributed by atoms with E-state index < -0.39 is 0 Å². The maximum atomic E-state index is 12.2. The first kappa shape index (κ1) is 16.0. The predicted molar refractivity (Wildman–Crippen MR) is 105 cm³/mol. The monoisotopic (exact) mass is 367 g/mol. The summed E-state index contributed by atoms with van der Waals surface area (Å²) in [5.41, 5.74) is 2.86. The van der Waals surface area contributed by atoms with Crippen molar-refractivity contribution in [3.8, 4) is 0 Å². The number of carbonyl (C=O) groups excluding carboxylic acids is 1. The zero-order chi connectivity index (χ0) is 17.4. The molecule has 3 aromatic rings. The Morgan fingerprint density at radius 1 is 1.16 bits per heavy atom. The van der Waals surface area contributed by atoms with Crippen LogP contribution < -0.4 is 5.32 Å². The van der Waals surface area contributed by atoms with Crippen LogP contribution in [-0.2, 0) is 11.8 Å². The minimum atomic E-state index is -0.136. The molecule has 0 aliphatic carbocycles. The molecule has 2 heterocycles. The molecule has 0 bridgehead atoms. The summed E-state index contributed by atoms with van der Waals surface area (Å²) in [6.45, 7) is 0. The first-order valence-corrected chi connectivity index (χ1v) is 8.89. The lowest BCUT2D eigenvalue weighted by Crippen LogP contribution is -2.19. The maximum absolute atomic E-state index is 12.2. The predicted octanol–water partition coefficient (Wildman–Crippen LogP) is 4.72. The normalized spacial score (nSPS) is 17.6. The molecular weight excluding hydrogens is 354 g/mol. The zero-order valence-electron chi connectivity index (χ0n) is 13.4. The van der Waals surface area contributed by atoms with E-state index in [2.05, 4.69) is 33.1 Å². The van der Waals surface area contributed by atoms with Gasteiger partial charge in [-0.15, -0.1) is 0 Å². The average Bonchev–Trinajstić information content (AvgIpc) is 3.11. The van der Waals surface area contributed by atoms with E-state index in [-0.39, 0.29) is 5.91 Å². The second-order valence-electron chi connectivity index (χ2n) is 5.65. The maximum Gasteiger partial charge on any atom is 0.264 e. The summed E-state index contributed by atoms with van der Waals surface area (Å²) >= 11 is 7.21. The van der Waals surface area contributed by atoms with Gasteiger partial charge in [-0.25, -0.2) is 4.99 Å². The van der Waals surface area contributed by atoms with Gasteiger partial charge in [-0.1, -0.05) is 29.8 Å². The Kier molecular flexibility index (Phi) is 4.11. The van der Waals surface area contributed by atoms with Gasteiger partial charge < -0.3 is 9.88 Å². The molecule has 1 aliphatic heterocycles. The van der Waals surface area contributed by atoms with Crippen molar-refractivity contribution in [3.05, 3.63) is 70.2 Å². The Morgan fingerprint density at radius 3 is 2.68 bits per heavy atom. The van der Waals surface area contributed by atoms with Crippen molar-refractivity contribution < 1.29 is 4.79 Å². The number of hydrogen-bond donors (Lipinski definition) is 1. The van der Waals surface area contributed by atoms with Crippen molar-refractivity contribution in [3.63, 3.8) is 0 Å². The standard InChI is InChI=1S/C19H14ClN3OS/c1-23-15(10-12-4-2-3-5-16(12)23)11-17-18(24)22-19(25-17)21-14-8-6-13(20)7-9-14/h2-11H,1H3,(H,21,22,24)/b17-11+. The number of aromatic nitrogens is 1. The summed E-state index contributed by atoms with van der Waals surface area (Å²) in [6.07, 6.45) is 1.89. The van der Waals surface area contributed by atoms with Gasteiger partial charge in [-0.3, -0.25) is 4.79 Å². The van der Waals surface area contributed by atoms with Crippen LogP contribution in [0.3, 0.4) is 0 Å². The van der Waals surface area contributed by atoms with Crippen LogP contribution in [0.25, 0.3) is 17.0 Å². The van der Waals surface area contributed by atoms with Gasteiger partial charge in [0, 0.05) is 28.7 Å². The van der Waals surface area contributed by atoms with Gasteiger partial charge in [-0.05, 0) is 54.2 Å². The first-order chi connectivity index (χ1) is 12.1. The summed E-state index contributed by atoms with van der Waals surface area (Å²) in [4.78, 5) is 17.3. The summed E-state index contributed by atoms with van der Waals surface area (Å²) in [6, 6.07) is 17.4.